The van der Waals surface area contributed by atoms with E-state index in [0.29, 0.717) is 24.4 Å². The molecule has 0 radical (unpaired) electrons. The first-order chi connectivity index (χ1) is 13.1. The van der Waals surface area contributed by atoms with Gasteiger partial charge < -0.3 is 9.32 Å². The van der Waals surface area contributed by atoms with Gasteiger partial charge in [-0.1, -0.05) is 41.0 Å². The molecule has 0 bridgehead atoms. The number of nitrogens with one attached hydrogen (secondary N) is 1. The molecule has 2 aromatic carbocycles. The van der Waals surface area contributed by atoms with Crippen molar-refractivity contribution < 1.29 is 14.0 Å². The molecule has 7 nitrogen and oxygen atoms in total. The van der Waals surface area contributed by atoms with Crippen LogP contribution in [-0.4, -0.2) is 28.6 Å². The number of anilines is 2. The molecule has 1 aliphatic heterocycles. The zero-order chi connectivity index (χ0) is 18.8. The summed E-state index contributed by atoms with van der Waals surface area (Å²) in [6.07, 6.45) is 0.294. The molecule has 1 aromatic heterocycles. The monoisotopic (exact) mass is 362 g/mol. The third-order valence-corrected chi connectivity index (χ3v) is 4.48. The van der Waals surface area contributed by atoms with Gasteiger partial charge >= 0.3 is 6.01 Å². The molecule has 3 aromatic rings. The molecule has 0 saturated carbocycles. The molecule has 2 heterocycles. The molecular formula is C20H18N4O3. The van der Waals surface area contributed by atoms with Crippen LogP contribution in [0.1, 0.15) is 34.2 Å². The number of carbonyl (C=O) groups is 2. The van der Waals surface area contributed by atoms with Crippen molar-refractivity contribution in [3.63, 3.8) is 0 Å². The summed E-state index contributed by atoms with van der Waals surface area (Å²) >= 11 is 0. The van der Waals surface area contributed by atoms with Gasteiger partial charge in [0.25, 0.3) is 5.91 Å². The SMILES string of the molecule is Cc1cccc(C(=O)Nc2nnc([C@H]3CC(=O)N(c4ccccc4)C3)o2)c1. The first-order valence-corrected chi connectivity index (χ1v) is 8.67. The summed E-state index contributed by atoms with van der Waals surface area (Å²) in [5, 5.41) is 10.5. The van der Waals surface area contributed by atoms with Crippen LogP contribution in [0.2, 0.25) is 0 Å². The van der Waals surface area contributed by atoms with Crippen molar-refractivity contribution in [2.45, 2.75) is 19.3 Å². The molecule has 4 rings (SSSR count). The first kappa shape index (κ1) is 17.0. The highest BCUT2D eigenvalue weighted by molar-refractivity contribution is 6.03. The Kier molecular flexibility index (Phi) is 4.42. The highest BCUT2D eigenvalue weighted by Crippen LogP contribution is 2.31. The van der Waals surface area contributed by atoms with E-state index in [4.69, 9.17) is 4.42 Å². The van der Waals surface area contributed by atoms with Gasteiger partial charge in [0.1, 0.15) is 0 Å². The highest BCUT2D eigenvalue weighted by atomic mass is 16.4. The van der Waals surface area contributed by atoms with E-state index in [-0.39, 0.29) is 23.7 Å². The predicted molar refractivity (Wildman–Crippen MR) is 99.6 cm³/mol. The maximum Gasteiger partial charge on any atom is 0.322 e. The maximum absolute atomic E-state index is 12.3. The molecule has 1 atom stereocenters. The van der Waals surface area contributed by atoms with Crippen LogP contribution in [-0.2, 0) is 4.79 Å². The third-order valence-electron chi connectivity index (χ3n) is 4.48. The largest absolute Gasteiger partial charge is 0.407 e. The van der Waals surface area contributed by atoms with Crippen LogP contribution in [0.4, 0.5) is 11.7 Å². The van der Waals surface area contributed by atoms with Gasteiger partial charge in [0.2, 0.25) is 11.8 Å². The van der Waals surface area contributed by atoms with Crippen molar-refractivity contribution in [3.8, 4) is 0 Å². The Labute approximate surface area is 156 Å². The van der Waals surface area contributed by atoms with Crippen LogP contribution in [0, 0.1) is 6.92 Å². The summed E-state index contributed by atoms with van der Waals surface area (Å²) in [5.74, 6) is -0.159. The second kappa shape index (κ2) is 7.03. The van der Waals surface area contributed by atoms with E-state index in [0.717, 1.165) is 11.3 Å². The minimum absolute atomic E-state index is 0.00902. The van der Waals surface area contributed by atoms with E-state index in [9.17, 15) is 9.59 Å². The molecular weight excluding hydrogens is 344 g/mol. The zero-order valence-corrected chi connectivity index (χ0v) is 14.8. The van der Waals surface area contributed by atoms with E-state index < -0.39 is 0 Å². The standard InChI is InChI=1S/C20H18N4O3/c1-13-6-5-7-14(10-13)18(26)21-20-23-22-19(27-20)15-11-17(25)24(12-15)16-8-3-2-4-9-16/h2-10,15H,11-12H2,1H3,(H,21,23,26)/t15-/m0/s1. The molecule has 0 unspecified atom stereocenters. The molecule has 1 fully saturated rings. The van der Waals surface area contributed by atoms with Crippen LogP contribution in [0.25, 0.3) is 0 Å². The topological polar surface area (TPSA) is 88.3 Å². The van der Waals surface area contributed by atoms with Crippen molar-refractivity contribution in [2.75, 3.05) is 16.8 Å². The Balaban J connectivity index is 1.45. The zero-order valence-electron chi connectivity index (χ0n) is 14.8. The fourth-order valence-corrected chi connectivity index (χ4v) is 3.14. The fraction of sp³-hybridized carbons (Fsp3) is 0.200. The van der Waals surface area contributed by atoms with E-state index >= 15 is 0 Å². The Bertz CT molecular complexity index is 984. The summed E-state index contributed by atoms with van der Waals surface area (Å²) in [5.41, 5.74) is 2.35. The molecule has 1 aliphatic rings. The molecule has 1 saturated heterocycles. The van der Waals surface area contributed by atoms with Crippen LogP contribution in [0.3, 0.4) is 0 Å². The lowest BCUT2D eigenvalue weighted by Gasteiger charge is -2.15. The molecule has 1 N–H and O–H groups in total. The van der Waals surface area contributed by atoms with Gasteiger partial charge in [0.05, 0.1) is 5.92 Å². The average Bonchev–Trinajstić information content (AvgIpc) is 3.29. The Morgan fingerprint density at radius 1 is 1.15 bits per heavy atom. The Morgan fingerprint density at radius 3 is 2.74 bits per heavy atom. The molecule has 7 heteroatoms. The van der Waals surface area contributed by atoms with Gasteiger partial charge in [0.15, 0.2) is 0 Å². The molecule has 0 aliphatic carbocycles. The fourth-order valence-electron chi connectivity index (χ4n) is 3.14. The van der Waals surface area contributed by atoms with Crippen LogP contribution < -0.4 is 10.2 Å². The third kappa shape index (κ3) is 3.57. The van der Waals surface area contributed by atoms with E-state index in [2.05, 4.69) is 15.5 Å². The number of aryl methyl sites for hydroxylation is 1. The highest BCUT2D eigenvalue weighted by Gasteiger charge is 2.35. The number of para-hydroxylation sites is 1. The maximum atomic E-state index is 12.3. The lowest BCUT2D eigenvalue weighted by atomic mass is 10.1. The summed E-state index contributed by atoms with van der Waals surface area (Å²) in [6, 6.07) is 16.7. The summed E-state index contributed by atoms with van der Waals surface area (Å²) in [4.78, 5) is 26.3. The van der Waals surface area contributed by atoms with Gasteiger partial charge in [-0.15, -0.1) is 5.10 Å². The smallest absolute Gasteiger partial charge is 0.322 e. The lowest BCUT2D eigenvalue weighted by molar-refractivity contribution is -0.117. The predicted octanol–water partition coefficient (Wildman–Crippen LogP) is 3.15. The van der Waals surface area contributed by atoms with Gasteiger partial charge in [-0.2, -0.15) is 0 Å². The number of carbonyl (C=O) groups excluding carboxylic acids is 2. The summed E-state index contributed by atoms with van der Waals surface area (Å²) < 4.78 is 5.59. The molecule has 27 heavy (non-hydrogen) atoms. The minimum Gasteiger partial charge on any atom is -0.407 e. The number of amides is 2. The molecule has 0 spiro atoms. The van der Waals surface area contributed by atoms with Crippen LogP contribution in [0.15, 0.2) is 59.0 Å². The molecule has 136 valence electrons. The van der Waals surface area contributed by atoms with Gasteiger partial charge in [-0.3, -0.25) is 14.9 Å². The van der Waals surface area contributed by atoms with Crippen molar-refractivity contribution in [1.29, 1.82) is 0 Å². The first-order valence-electron chi connectivity index (χ1n) is 8.67. The van der Waals surface area contributed by atoms with Gasteiger partial charge in [-0.05, 0) is 31.2 Å². The molecule has 2 amide bonds. The van der Waals surface area contributed by atoms with E-state index in [1.165, 1.54) is 0 Å². The minimum atomic E-state index is -0.317. The normalized spacial score (nSPS) is 16.6. The summed E-state index contributed by atoms with van der Waals surface area (Å²) in [7, 11) is 0. The van der Waals surface area contributed by atoms with Crippen molar-refractivity contribution in [3.05, 3.63) is 71.6 Å². The van der Waals surface area contributed by atoms with Gasteiger partial charge in [0, 0.05) is 24.2 Å². The quantitative estimate of drug-likeness (QED) is 0.770. The van der Waals surface area contributed by atoms with Crippen molar-refractivity contribution >= 4 is 23.5 Å². The van der Waals surface area contributed by atoms with E-state index in [1.807, 2.05) is 49.4 Å². The van der Waals surface area contributed by atoms with Crippen molar-refractivity contribution in [2.24, 2.45) is 0 Å². The second-order valence-electron chi connectivity index (χ2n) is 6.51. The van der Waals surface area contributed by atoms with Gasteiger partial charge in [-0.25, -0.2) is 0 Å². The number of benzene rings is 2. The number of hydrogen-bond acceptors (Lipinski definition) is 5. The Hall–Kier alpha value is -3.48. The van der Waals surface area contributed by atoms with Crippen molar-refractivity contribution in [1.82, 2.24) is 10.2 Å². The average molecular weight is 362 g/mol. The summed E-state index contributed by atoms with van der Waals surface area (Å²) in [6.45, 7) is 2.38. The lowest BCUT2D eigenvalue weighted by Crippen LogP contribution is -2.24. The number of nitrogens with zero attached hydrogens (tertiary/aromatic N) is 3. The number of rotatable bonds is 4. The number of aromatic nitrogens is 2. The second-order valence-corrected chi connectivity index (χ2v) is 6.51. The van der Waals surface area contributed by atoms with E-state index in [1.54, 1.807) is 17.0 Å². The van der Waals surface area contributed by atoms with Crippen LogP contribution in [0.5, 0.6) is 0 Å². The Morgan fingerprint density at radius 2 is 1.96 bits per heavy atom. The van der Waals surface area contributed by atoms with Crippen LogP contribution >= 0.6 is 0 Å². The number of hydrogen-bond donors (Lipinski definition) is 1.